The van der Waals surface area contributed by atoms with Crippen molar-refractivity contribution in [1.29, 1.82) is 5.26 Å². The number of nitrogens with zero attached hydrogens (tertiary/aromatic N) is 2. The van der Waals surface area contributed by atoms with Crippen LogP contribution in [0.15, 0.2) is 42.5 Å². The Bertz CT molecular complexity index is 1210. The van der Waals surface area contributed by atoms with E-state index in [0.29, 0.717) is 43.5 Å². The van der Waals surface area contributed by atoms with Crippen LogP contribution in [-0.2, 0) is 10.2 Å². The Morgan fingerprint density at radius 1 is 1.16 bits per heavy atom. The molecule has 0 bridgehead atoms. The molecule has 2 aromatic rings. The van der Waals surface area contributed by atoms with Crippen LogP contribution >= 0.6 is 0 Å². The molecule has 1 spiro atoms. The van der Waals surface area contributed by atoms with Gasteiger partial charge in [0, 0.05) is 42.4 Å². The van der Waals surface area contributed by atoms with Crippen molar-refractivity contribution in [2.45, 2.75) is 49.7 Å². The van der Waals surface area contributed by atoms with E-state index in [1.54, 1.807) is 4.90 Å². The molecule has 194 valence electrons. The summed E-state index contributed by atoms with van der Waals surface area (Å²) in [7, 11) is 0. The zero-order valence-electron chi connectivity index (χ0n) is 20.7. The van der Waals surface area contributed by atoms with Crippen LogP contribution in [0, 0.1) is 28.9 Å². The van der Waals surface area contributed by atoms with Gasteiger partial charge in [-0.2, -0.15) is 5.26 Å². The molecule has 6 nitrogen and oxygen atoms in total. The van der Waals surface area contributed by atoms with Gasteiger partial charge in [-0.25, -0.2) is 8.78 Å². The maximum absolute atomic E-state index is 13.4. The predicted molar refractivity (Wildman–Crippen MR) is 138 cm³/mol. The third kappa shape index (κ3) is 5.25. The van der Waals surface area contributed by atoms with E-state index in [1.807, 2.05) is 12.1 Å². The lowest BCUT2D eigenvalue weighted by atomic mass is 9.68. The number of likely N-dealkylation sites (tertiary alicyclic amines) is 1. The van der Waals surface area contributed by atoms with E-state index in [2.05, 4.69) is 22.8 Å². The number of rotatable bonds is 5. The highest BCUT2D eigenvalue weighted by atomic mass is 19.1. The summed E-state index contributed by atoms with van der Waals surface area (Å²) in [6.07, 6.45) is 6.23. The summed E-state index contributed by atoms with van der Waals surface area (Å²) < 4.78 is 26.8. The summed E-state index contributed by atoms with van der Waals surface area (Å²) in [5.74, 6) is -1.48. The molecule has 1 amide bonds. The number of aliphatic hydroxyl groups excluding tert-OH is 1. The van der Waals surface area contributed by atoms with Crippen LogP contribution in [0.25, 0.3) is 6.08 Å². The van der Waals surface area contributed by atoms with Crippen molar-refractivity contribution in [3.63, 3.8) is 0 Å². The number of fused-ring (bicyclic) bond motifs is 2. The highest BCUT2D eigenvalue weighted by molar-refractivity contribution is 5.91. The van der Waals surface area contributed by atoms with Gasteiger partial charge in [0.2, 0.25) is 5.91 Å². The summed E-state index contributed by atoms with van der Waals surface area (Å²) in [6.45, 7) is 2.90. The Kier molecular flexibility index (Phi) is 7.27. The lowest BCUT2D eigenvalue weighted by Crippen LogP contribution is -2.49. The van der Waals surface area contributed by atoms with Crippen molar-refractivity contribution in [3.8, 4) is 6.07 Å². The molecule has 2 atom stereocenters. The molecule has 3 heterocycles. The first kappa shape index (κ1) is 25.4. The van der Waals surface area contributed by atoms with Gasteiger partial charge in [-0.15, -0.1) is 0 Å². The SMILES string of the molecule is N#Cc1ccc2c(c1)NC(C[C@H](O)C1CCN(C(=O)C=Cc3cc(F)cc(F)c3)CC1)C21CCNCC1. The van der Waals surface area contributed by atoms with Crippen molar-refractivity contribution in [2.24, 2.45) is 5.92 Å². The van der Waals surface area contributed by atoms with Crippen LogP contribution in [0.2, 0.25) is 0 Å². The smallest absolute Gasteiger partial charge is 0.246 e. The third-order valence-corrected chi connectivity index (χ3v) is 8.35. The molecule has 0 radical (unpaired) electrons. The van der Waals surface area contributed by atoms with Gasteiger partial charge < -0.3 is 20.6 Å². The number of aliphatic hydroxyl groups is 1. The Morgan fingerprint density at radius 3 is 2.54 bits per heavy atom. The third-order valence-electron chi connectivity index (χ3n) is 8.35. The average Bonchev–Trinajstić information content (AvgIpc) is 3.18. The minimum atomic E-state index is -0.682. The van der Waals surface area contributed by atoms with Crippen molar-refractivity contribution in [3.05, 3.63) is 70.8 Å². The van der Waals surface area contributed by atoms with Gasteiger partial charge in [-0.3, -0.25) is 4.79 Å². The number of halogens is 2. The van der Waals surface area contributed by atoms with Crippen molar-refractivity contribution >= 4 is 17.7 Å². The highest BCUT2D eigenvalue weighted by Crippen LogP contribution is 2.49. The topological polar surface area (TPSA) is 88.4 Å². The molecule has 37 heavy (non-hydrogen) atoms. The van der Waals surface area contributed by atoms with Gasteiger partial charge in [0.1, 0.15) is 11.6 Å². The van der Waals surface area contributed by atoms with E-state index in [1.165, 1.54) is 29.8 Å². The maximum atomic E-state index is 13.4. The zero-order chi connectivity index (χ0) is 26.0. The number of benzene rings is 2. The molecule has 3 aliphatic heterocycles. The van der Waals surface area contributed by atoms with Gasteiger partial charge in [-0.05, 0) is 92.6 Å². The van der Waals surface area contributed by atoms with E-state index in [0.717, 1.165) is 37.7 Å². The number of piperidine rings is 2. The van der Waals surface area contributed by atoms with Gasteiger partial charge >= 0.3 is 0 Å². The minimum Gasteiger partial charge on any atom is -0.393 e. The molecule has 5 rings (SSSR count). The lowest BCUT2D eigenvalue weighted by Gasteiger charge is -2.41. The number of carbonyl (C=O) groups is 1. The lowest BCUT2D eigenvalue weighted by molar-refractivity contribution is -0.128. The Labute approximate surface area is 216 Å². The molecule has 2 fully saturated rings. The number of amides is 1. The molecule has 2 aromatic carbocycles. The Morgan fingerprint density at radius 2 is 1.86 bits per heavy atom. The number of hydrogen-bond donors (Lipinski definition) is 3. The number of anilines is 1. The second-order valence-corrected chi connectivity index (χ2v) is 10.5. The van der Waals surface area contributed by atoms with Gasteiger partial charge in [-0.1, -0.05) is 6.07 Å². The first-order valence-corrected chi connectivity index (χ1v) is 13.0. The summed E-state index contributed by atoms with van der Waals surface area (Å²) in [5.41, 5.74) is 3.12. The van der Waals surface area contributed by atoms with E-state index >= 15 is 0 Å². The average molecular weight is 507 g/mol. The number of nitriles is 1. The van der Waals surface area contributed by atoms with Crippen LogP contribution in [0.5, 0.6) is 0 Å². The highest BCUT2D eigenvalue weighted by Gasteiger charge is 2.48. The fourth-order valence-corrected chi connectivity index (χ4v) is 6.34. The van der Waals surface area contributed by atoms with Gasteiger partial charge in [0.25, 0.3) is 0 Å². The largest absolute Gasteiger partial charge is 0.393 e. The quantitative estimate of drug-likeness (QED) is 0.535. The van der Waals surface area contributed by atoms with Crippen molar-refractivity contribution in [1.82, 2.24) is 10.2 Å². The van der Waals surface area contributed by atoms with Crippen LogP contribution < -0.4 is 10.6 Å². The zero-order valence-corrected chi connectivity index (χ0v) is 20.7. The van der Waals surface area contributed by atoms with Gasteiger partial charge in [0.15, 0.2) is 0 Å². The summed E-state index contributed by atoms with van der Waals surface area (Å²) in [5, 5.41) is 27.7. The second kappa shape index (κ2) is 10.6. The minimum absolute atomic E-state index is 0.0621. The molecule has 2 saturated heterocycles. The standard InChI is InChI=1S/C29H32F2N4O2/c30-22-13-19(14-23(31)16-22)2-4-28(37)35-11-5-21(6-12-35)26(36)17-27-29(7-9-33-10-8-29)24-3-1-20(18-32)15-25(24)34-27/h1-4,13-16,21,26-27,33-34,36H,5-12,17H2/t26-,27?/m0/s1. The van der Waals surface area contributed by atoms with Crippen LogP contribution in [0.3, 0.4) is 0 Å². The number of carbonyl (C=O) groups excluding carboxylic acids is 1. The van der Waals surface area contributed by atoms with Crippen molar-refractivity contribution in [2.75, 3.05) is 31.5 Å². The van der Waals surface area contributed by atoms with E-state index in [4.69, 9.17) is 0 Å². The molecule has 1 unspecified atom stereocenters. The molecule has 3 aliphatic rings. The molecule has 0 aliphatic carbocycles. The second-order valence-electron chi connectivity index (χ2n) is 10.5. The predicted octanol–water partition coefficient (Wildman–Crippen LogP) is 3.95. The molecule has 0 saturated carbocycles. The van der Waals surface area contributed by atoms with Crippen molar-refractivity contribution < 1.29 is 18.7 Å². The molecule has 3 N–H and O–H groups in total. The van der Waals surface area contributed by atoms with Crippen LogP contribution in [0.4, 0.5) is 14.5 Å². The monoisotopic (exact) mass is 506 g/mol. The summed E-state index contributed by atoms with van der Waals surface area (Å²) in [6, 6.07) is 11.3. The summed E-state index contributed by atoms with van der Waals surface area (Å²) >= 11 is 0. The summed E-state index contributed by atoms with van der Waals surface area (Å²) in [4.78, 5) is 14.3. The molecule has 0 aromatic heterocycles. The Hall–Kier alpha value is -3.28. The molecular weight excluding hydrogens is 474 g/mol. The maximum Gasteiger partial charge on any atom is 0.246 e. The first-order chi connectivity index (χ1) is 17.9. The van der Waals surface area contributed by atoms with Gasteiger partial charge in [0.05, 0.1) is 17.7 Å². The fraction of sp³-hybridized carbons (Fsp3) is 0.448. The van der Waals surface area contributed by atoms with Crippen LogP contribution in [-0.4, -0.2) is 54.2 Å². The molecular formula is C29H32F2N4O2. The van der Waals surface area contributed by atoms with Crippen LogP contribution in [0.1, 0.15) is 48.8 Å². The Balaban J connectivity index is 1.20. The van der Waals surface area contributed by atoms with E-state index in [9.17, 15) is 23.9 Å². The van der Waals surface area contributed by atoms with E-state index in [-0.39, 0.29) is 23.3 Å². The number of hydrogen-bond acceptors (Lipinski definition) is 5. The van der Waals surface area contributed by atoms with E-state index < -0.39 is 17.7 Å². The molecule has 8 heteroatoms. The number of nitrogens with one attached hydrogen (secondary N) is 2. The first-order valence-electron chi connectivity index (χ1n) is 13.0. The fourth-order valence-electron chi connectivity index (χ4n) is 6.34. The normalized spacial score (nSPS) is 22.0.